The van der Waals surface area contributed by atoms with Crippen LogP contribution in [0.3, 0.4) is 0 Å². The summed E-state index contributed by atoms with van der Waals surface area (Å²) in [5, 5.41) is 10.6. The first-order valence-electron chi connectivity index (χ1n) is 5.07. The monoisotopic (exact) mass is 223 g/mol. The van der Waals surface area contributed by atoms with Crippen molar-refractivity contribution < 1.29 is 4.92 Å². The summed E-state index contributed by atoms with van der Waals surface area (Å²) in [6.45, 7) is 0. The quantitative estimate of drug-likeness (QED) is 0.423. The van der Waals surface area contributed by atoms with E-state index in [0.717, 1.165) is 5.56 Å². The Morgan fingerprint density at radius 2 is 1.53 bits per heavy atom. The summed E-state index contributed by atoms with van der Waals surface area (Å²) in [6.07, 6.45) is 0. The summed E-state index contributed by atoms with van der Waals surface area (Å²) in [5.74, 6) is 5.86. The highest BCUT2D eigenvalue weighted by molar-refractivity contribution is 5.46. The molecule has 0 bridgehead atoms. The highest BCUT2D eigenvalue weighted by Crippen LogP contribution is 2.12. The molecule has 0 radical (unpaired) electrons. The van der Waals surface area contributed by atoms with Crippen molar-refractivity contribution in [3.63, 3.8) is 0 Å². The van der Waals surface area contributed by atoms with E-state index >= 15 is 0 Å². The molecule has 0 aliphatic carbocycles. The van der Waals surface area contributed by atoms with Crippen LogP contribution in [0.4, 0.5) is 5.69 Å². The van der Waals surface area contributed by atoms with Crippen molar-refractivity contribution in [2.45, 2.75) is 0 Å². The van der Waals surface area contributed by atoms with Crippen LogP contribution < -0.4 is 0 Å². The Kier molecular flexibility index (Phi) is 3.18. The van der Waals surface area contributed by atoms with Crippen LogP contribution in [-0.2, 0) is 0 Å². The van der Waals surface area contributed by atoms with Gasteiger partial charge in [0.05, 0.1) is 4.92 Å². The maximum absolute atomic E-state index is 10.6. The van der Waals surface area contributed by atoms with Crippen LogP contribution in [0.15, 0.2) is 54.6 Å². The SMILES string of the molecule is O=[N+]([O-])c1cccc(C#Cc2ccccc2)c1. The van der Waals surface area contributed by atoms with E-state index in [4.69, 9.17) is 0 Å². The molecule has 0 amide bonds. The van der Waals surface area contributed by atoms with E-state index in [9.17, 15) is 10.1 Å². The van der Waals surface area contributed by atoms with Crippen LogP contribution in [-0.4, -0.2) is 4.92 Å². The maximum atomic E-state index is 10.6. The number of hydrogen-bond donors (Lipinski definition) is 0. The van der Waals surface area contributed by atoms with Crippen LogP contribution >= 0.6 is 0 Å². The second-order valence-corrected chi connectivity index (χ2v) is 3.42. The number of nitrogens with zero attached hydrogens (tertiary/aromatic N) is 1. The molecule has 3 nitrogen and oxygen atoms in total. The Bertz CT molecular complexity index is 594. The largest absolute Gasteiger partial charge is 0.270 e. The van der Waals surface area contributed by atoms with Crippen LogP contribution in [0.5, 0.6) is 0 Å². The number of nitro benzene ring substituents is 1. The molecule has 82 valence electrons. The first kappa shape index (κ1) is 10.9. The third-order valence-electron chi connectivity index (χ3n) is 2.18. The van der Waals surface area contributed by atoms with Crippen LogP contribution in [0.25, 0.3) is 0 Å². The van der Waals surface area contributed by atoms with Crippen molar-refractivity contribution >= 4 is 5.69 Å². The zero-order valence-corrected chi connectivity index (χ0v) is 8.96. The lowest BCUT2D eigenvalue weighted by molar-refractivity contribution is -0.384. The summed E-state index contributed by atoms with van der Waals surface area (Å²) in [7, 11) is 0. The number of rotatable bonds is 1. The highest BCUT2D eigenvalue weighted by atomic mass is 16.6. The van der Waals surface area contributed by atoms with Gasteiger partial charge in [0, 0.05) is 23.3 Å². The summed E-state index contributed by atoms with van der Waals surface area (Å²) < 4.78 is 0. The fourth-order valence-electron chi connectivity index (χ4n) is 1.36. The highest BCUT2D eigenvalue weighted by Gasteiger charge is 2.03. The Labute approximate surface area is 98.9 Å². The number of hydrogen-bond acceptors (Lipinski definition) is 2. The van der Waals surface area contributed by atoms with Gasteiger partial charge in [0.15, 0.2) is 0 Å². The van der Waals surface area contributed by atoms with Crippen molar-refractivity contribution in [3.8, 4) is 11.8 Å². The van der Waals surface area contributed by atoms with Gasteiger partial charge in [-0.15, -0.1) is 0 Å². The molecule has 0 heterocycles. The van der Waals surface area contributed by atoms with Gasteiger partial charge < -0.3 is 0 Å². The van der Waals surface area contributed by atoms with Crippen molar-refractivity contribution in [1.82, 2.24) is 0 Å². The summed E-state index contributed by atoms with van der Waals surface area (Å²) >= 11 is 0. The van der Waals surface area contributed by atoms with Crippen molar-refractivity contribution in [2.75, 3.05) is 0 Å². The second kappa shape index (κ2) is 4.95. The normalized spacial score (nSPS) is 9.18. The Hall–Kier alpha value is -2.60. The van der Waals surface area contributed by atoms with Crippen molar-refractivity contribution in [2.24, 2.45) is 0 Å². The molecule has 0 aliphatic heterocycles. The zero-order chi connectivity index (χ0) is 12.1. The molecule has 2 rings (SSSR count). The number of non-ortho nitro benzene ring substituents is 1. The van der Waals surface area contributed by atoms with E-state index in [1.807, 2.05) is 30.3 Å². The van der Waals surface area contributed by atoms with Crippen LogP contribution in [0.1, 0.15) is 11.1 Å². The van der Waals surface area contributed by atoms with Gasteiger partial charge in [0.1, 0.15) is 0 Å². The number of benzene rings is 2. The first-order valence-corrected chi connectivity index (χ1v) is 5.07. The fraction of sp³-hybridized carbons (Fsp3) is 0. The summed E-state index contributed by atoms with van der Waals surface area (Å²) in [5.41, 5.74) is 1.59. The lowest BCUT2D eigenvalue weighted by Crippen LogP contribution is -1.87. The summed E-state index contributed by atoms with van der Waals surface area (Å²) in [4.78, 5) is 10.2. The minimum atomic E-state index is -0.423. The predicted molar refractivity (Wildman–Crippen MR) is 65.5 cm³/mol. The average molecular weight is 223 g/mol. The molecule has 17 heavy (non-hydrogen) atoms. The zero-order valence-electron chi connectivity index (χ0n) is 8.96. The standard InChI is InChI=1S/C14H9NO2/c16-15(17)14-8-4-7-13(11-14)10-9-12-5-2-1-3-6-12/h1-8,11H. The van der Waals surface area contributed by atoms with Gasteiger partial charge in [-0.25, -0.2) is 0 Å². The molecule has 0 saturated heterocycles. The lowest BCUT2D eigenvalue weighted by Gasteiger charge is -1.92. The van der Waals surface area contributed by atoms with Gasteiger partial charge in [-0.3, -0.25) is 10.1 Å². The predicted octanol–water partition coefficient (Wildman–Crippen LogP) is 2.99. The third-order valence-corrected chi connectivity index (χ3v) is 2.18. The molecule has 0 aromatic heterocycles. The Morgan fingerprint density at radius 1 is 0.882 bits per heavy atom. The first-order chi connectivity index (χ1) is 8.25. The van der Waals surface area contributed by atoms with E-state index < -0.39 is 4.92 Å². The average Bonchev–Trinajstić information content (AvgIpc) is 2.38. The van der Waals surface area contributed by atoms with Crippen LogP contribution in [0, 0.1) is 22.0 Å². The van der Waals surface area contributed by atoms with Gasteiger partial charge in [-0.05, 0) is 18.2 Å². The van der Waals surface area contributed by atoms with E-state index in [2.05, 4.69) is 11.8 Å². The molecule has 0 atom stereocenters. The molecule has 2 aromatic carbocycles. The molecule has 0 unspecified atom stereocenters. The molecule has 3 heteroatoms. The topological polar surface area (TPSA) is 43.1 Å². The van der Waals surface area contributed by atoms with Gasteiger partial charge in [-0.2, -0.15) is 0 Å². The molecule has 2 aromatic rings. The smallest absolute Gasteiger partial charge is 0.258 e. The van der Waals surface area contributed by atoms with E-state index in [-0.39, 0.29) is 5.69 Å². The minimum Gasteiger partial charge on any atom is -0.258 e. The van der Waals surface area contributed by atoms with Crippen LogP contribution in [0.2, 0.25) is 0 Å². The van der Waals surface area contributed by atoms with Crippen molar-refractivity contribution in [1.29, 1.82) is 0 Å². The fourth-order valence-corrected chi connectivity index (χ4v) is 1.36. The molecule has 0 aliphatic rings. The van der Waals surface area contributed by atoms with Gasteiger partial charge >= 0.3 is 0 Å². The van der Waals surface area contributed by atoms with E-state index in [1.54, 1.807) is 12.1 Å². The Morgan fingerprint density at radius 3 is 2.24 bits per heavy atom. The molecule has 0 spiro atoms. The maximum Gasteiger partial charge on any atom is 0.270 e. The summed E-state index contributed by atoms with van der Waals surface area (Å²) in [6, 6.07) is 15.8. The third kappa shape index (κ3) is 2.93. The number of nitro groups is 1. The van der Waals surface area contributed by atoms with E-state index in [1.165, 1.54) is 12.1 Å². The molecular formula is C14H9NO2. The second-order valence-electron chi connectivity index (χ2n) is 3.42. The Balaban J connectivity index is 2.28. The molecule has 0 fully saturated rings. The minimum absolute atomic E-state index is 0.0601. The van der Waals surface area contributed by atoms with E-state index in [0.29, 0.717) is 5.56 Å². The molecule has 0 N–H and O–H groups in total. The molecule has 0 saturated carbocycles. The van der Waals surface area contributed by atoms with Gasteiger partial charge in [0.25, 0.3) is 5.69 Å². The van der Waals surface area contributed by atoms with Gasteiger partial charge in [0.2, 0.25) is 0 Å². The molecular weight excluding hydrogens is 214 g/mol. The lowest BCUT2D eigenvalue weighted by atomic mass is 10.1. The van der Waals surface area contributed by atoms with Gasteiger partial charge in [-0.1, -0.05) is 36.1 Å². The van der Waals surface area contributed by atoms with Crippen molar-refractivity contribution in [3.05, 3.63) is 75.8 Å².